The number of carbonyl (C=O) groups is 3. The zero-order chi connectivity index (χ0) is 17.4. The van der Waals surface area contributed by atoms with Crippen LogP contribution >= 0.6 is 0 Å². The number of hydrogen-bond acceptors (Lipinski definition) is 7. The summed E-state index contributed by atoms with van der Waals surface area (Å²) < 4.78 is 8.68. The van der Waals surface area contributed by atoms with Crippen LogP contribution in [0.5, 0.6) is 0 Å². The smallest absolute Gasteiger partial charge is 0.423 e. The highest BCUT2D eigenvalue weighted by molar-refractivity contribution is 5.89. The molecule has 0 aromatic carbocycles. The van der Waals surface area contributed by atoms with Crippen molar-refractivity contribution in [2.75, 3.05) is 0 Å². The fourth-order valence-electron chi connectivity index (χ4n) is 1.87. The quantitative estimate of drug-likeness (QED) is 0.136. The van der Waals surface area contributed by atoms with Crippen molar-refractivity contribution in [2.45, 2.75) is 59.7 Å². The van der Waals surface area contributed by atoms with Gasteiger partial charge in [0.25, 0.3) is 0 Å². The van der Waals surface area contributed by atoms with Gasteiger partial charge < -0.3 is 14.4 Å². The molecule has 0 bridgehead atoms. The Morgan fingerprint density at radius 3 is 2.23 bits per heavy atom. The Labute approximate surface area is 130 Å². The van der Waals surface area contributed by atoms with Crippen molar-refractivity contribution in [3.8, 4) is 0 Å². The number of ether oxygens (including phenoxy) is 2. The van der Waals surface area contributed by atoms with E-state index in [4.69, 9.17) is 9.78 Å². The molecule has 7 nitrogen and oxygen atoms in total. The van der Waals surface area contributed by atoms with Crippen LogP contribution in [0, 0.1) is 5.41 Å². The standard InChI is InChI=1S/C15H24O7/c1-11(9-16)20-13(18)21-12(17)7-8-19-22-15(5,6)10-14(2,3)4/h7-9,11H,10H2,1-6H3. The van der Waals surface area contributed by atoms with Crippen LogP contribution in [0.25, 0.3) is 0 Å². The van der Waals surface area contributed by atoms with Crippen molar-refractivity contribution in [2.24, 2.45) is 5.41 Å². The molecule has 0 fully saturated rings. The van der Waals surface area contributed by atoms with Crippen molar-refractivity contribution in [1.29, 1.82) is 0 Å². The second kappa shape index (κ2) is 8.53. The van der Waals surface area contributed by atoms with E-state index < -0.39 is 23.8 Å². The van der Waals surface area contributed by atoms with Gasteiger partial charge >= 0.3 is 12.1 Å². The van der Waals surface area contributed by atoms with Crippen LogP contribution in [0.2, 0.25) is 0 Å². The predicted octanol–water partition coefficient (Wildman–Crippen LogP) is 2.93. The third-order valence-corrected chi connectivity index (χ3v) is 2.15. The Kier molecular flexibility index (Phi) is 7.80. The normalized spacial score (nSPS) is 13.5. The van der Waals surface area contributed by atoms with Gasteiger partial charge in [0, 0.05) is 0 Å². The van der Waals surface area contributed by atoms with Crippen molar-refractivity contribution >= 4 is 18.4 Å². The van der Waals surface area contributed by atoms with E-state index in [9.17, 15) is 14.4 Å². The first kappa shape index (κ1) is 20.1. The second-order valence-electron chi connectivity index (χ2n) is 6.61. The second-order valence-corrected chi connectivity index (χ2v) is 6.61. The van der Waals surface area contributed by atoms with E-state index in [2.05, 4.69) is 30.2 Å². The number of esters is 1. The van der Waals surface area contributed by atoms with Crippen LogP contribution in [0.4, 0.5) is 4.79 Å². The minimum atomic E-state index is -1.26. The molecule has 0 aromatic heterocycles. The summed E-state index contributed by atoms with van der Waals surface area (Å²) in [4.78, 5) is 42.5. The van der Waals surface area contributed by atoms with E-state index in [1.807, 2.05) is 13.8 Å². The summed E-state index contributed by atoms with van der Waals surface area (Å²) in [5, 5.41) is 0. The zero-order valence-electron chi connectivity index (χ0n) is 13.9. The van der Waals surface area contributed by atoms with Crippen molar-refractivity contribution < 1.29 is 33.6 Å². The van der Waals surface area contributed by atoms with Gasteiger partial charge in [-0.15, -0.1) is 0 Å². The van der Waals surface area contributed by atoms with Gasteiger partial charge in [-0.25, -0.2) is 9.59 Å². The van der Waals surface area contributed by atoms with Crippen LogP contribution in [0.15, 0.2) is 12.3 Å². The maximum atomic E-state index is 11.2. The van der Waals surface area contributed by atoms with E-state index in [0.717, 1.165) is 18.8 Å². The number of carbonyl (C=O) groups excluding carboxylic acids is 3. The van der Waals surface area contributed by atoms with Crippen molar-refractivity contribution in [1.82, 2.24) is 0 Å². The molecule has 0 amide bonds. The number of hydrogen-bond donors (Lipinski definition) is 0. The summed E-state index contributed by atoms with van der Waals surface area (Å²) in [6.07, 6.45) is 0.706. The molecule has 0 rings (SSSR count). The largest absolute Gasteiger partial charge is 0.517 e. The summed E-state index contributed by atoms with van der Waals surface area (Å²) in [6, 6.07) is 0. The topological polar surface area (TPSA) is 88.1 Å². The lowest BCUT2D eigenvalue weighted by Gasteiger charge is -2.30. The number of rotatable bonds is 7. The average Bonchev–Trinajstić information content (AvgIpc) is 2.31. The molecule has 0 aromatic rings. The molecule has 0 heterocycles. The molecule has 22 heavy (non-hydrogen) atoms. The van der Waals surface area contributed by atoms with Crippen LogP contribution in [-0.2, 0) is 28.8 Å². The third-order valence-electron chi connectivity index (χ3n) is 2.15. The van der Waals surface area contributed by atoms with E-state index >= 15 is 0 Å². The monoisotopic (exact) mass is 316 g/mol. The zero-order valence-corrected chi connectivity index (χ0v) is 13.9. The Bertz CT molecular complexity index is 418. The SMILES string of the molecule is CC(C=O)OC(=O)OC(=O)C=COOC(C)(C)CC(C)(C)C. The van der Waals surface area contributed by atoms with E-state index in [-0.39, 0.29) is 5.41 Å². The Morgan fingerprint density at radius 1 is 1.14 bits per heavy atom. The molecule has 1 unspecified atom stereocenters. The van der Waals surface area contributed by atoms with Crippen molar-refractivity contribution in [3.05, 3.63) is 12.3 Å². The molecule has 1 atom stereocenters. The van der Waals surface area contributed by atoms with Gasteiger partial charge in [0.2, 0.25) is 0 Å². The lowest BCUT2D eigenvalue weighted by atomic mass is 9.84. The molecule has 126 valence electrons. The van der Waals surface area contributed by atoms with Crippen molar-refractivity contribution in [3.63, 3.8) is 0 Å². The summed E-state index contributed by atoms with van der Waals surface area (Å²) >= 11 is 0. The first-order valence-electron chi connectivity index (χ1n) is 6.84. The minimum absolute atomic E-state index is 0.0501. The molecule has 0 saturated carbocycles. The Hall–Kier alpha value is -1.89. The lowest BCUT2D eigenvalue weighted by molar-refractivity contribution is -0.321. The Morgan fingerprint density at radius 2 is 1.73 bits per heavy atom. The average molecular weight is 316 g/mol. The first-order valence-corrected chi connectivity index (χ1v) is 6.84. The maximum Gasteiger partial charge on any atom is 0.517 e. The molecule has 0 spiro atoms. The van der Waals surface area contributed by atoms with Crippen LogP contribution in [0.3, 0.4) is 0 Å². The predicted molar refractivity (Wildman–Crippen MR) is 77.6 cm³/mol. The third kappa shape index (κ3) is 10.8. The molecule has 0 aliphatic rings. The van der Waals surface area contributed by atoms with Gasteiger partial charge in [-0.2, -0.15) is 4.89 Å². The van der Waals surface area contributed by atoms with Gasteiger partial charge in [-0.05, 0) is 32.6 Å². The molecule has 0 N–H and O–H groups in total. The number of aldehydes is 1. The lowest BCUT2D eigenvalue weighted by Crippen LogP contribution is -2.29. The van der Waals surface area contributed by atoms with Gasteiger partial charge in [0.15, 0.2) is 12.4 Å². The van der Waals surface area contributed by atoms with Crippen LogP contribution < -0.4 is 0 Å². The van der Waals surface area contributed by atoms with E-state index in [0.29, 0.717) is 6.29 Å². The molecular weight excluding hydrogens is 292 g/mol. The Balaban J connectivity index is 4.15. The fraction of sp³-hybridized carbons (Fsp3) is 0.667. The van der Waals surface area contributed by atoms with Crippen LogP contribution in [-0.4, -0.2) is 30.1 Å². The molecule has 7 heteroatoms. The highest BCUT2D eigenvalue weighted by Gasteiger charge is 2.27. The molecule has 0 aliphatic carbocycles. The van der Waals surface area contributed by atoms with Gasteiger partial charge in [-0.1, -0.05) is 20.8 Å². The summed E-state index contributed by atoms with van der Waals surface area (Å²) in [6.45, 7) is 11.2. The maximum absolute atomic E-state index is 11.2. The van der Waals surface area contributed by atoms with Gasteiger partial charge in [-0.3, -0.25) is 4.79 Å². The highest BCUT2D eigenvalue weighted by Crippen LogP contribution is 2.29. The summed E-state index contributed by atoms with van der Waals surface area (Å²) in [5.74, 6) is -1.000. The first-order chi connectivity index (χ1) is 9.95. The molecular formula is C15H24O7. The van der Waals surface area contributed by atoms with E-state index in [1.54, 1.807) is 0 Å². The molecule has 0 radical (unpaired) electrons. The summed E-state index contributed by atoms with van der Waals surface area (Å²) in [7, 11) is 0. The summed E-state index contributed by atoms with van der Waals surface area (Å²) in [5.41, 5.74) is -0.501. The minimum Gasteiger partial charge on any atom is -0.423 e. The highest BCUT2D eigenvalue weighted by atomic mass is 17.2. The van der Waals surface area contributed by atoms with E-state index in [1.165, 1.54) is 6.92 Å². The fourth-order valence-corrected chi connectivity index (χ4v) is 1.87. The molecule has 0 aliphatic heterocycles. The molecule has 0 saturated heterocycles. The van der Waals surface area contributed by atoms with Gasteiger partial charge in [0.05, 0.1) is 6.08 Å². The van der Waals surface area contributed by atoms with Gasteiger partial charge in [0.1, 0.15) is 11.9 Å². The van der Waals surface area contributed by atoms with Crippen LogP contribution in [0.1, 0.15) is 48.0 Å².